The third kappa shape index (κ3) is 2.09. The van der Waals surface area contributed by atoms with Crippen LogP contribution in [0.5, 0.6) is 0 Å². The molecule has 1 aromatic heterocycles. The first-order valence-corrected chi connectivity index (χ1v) is 5.30. The van der Waals surface area contributed by atoms with Gasteiger partial charge in [-0.2, -0.15) is 0 Å². The molecule has 1 fully saturated rings. The van der Waals surface area contributed by atoms with Gasteiger partial charge in [-0.15, -0.1) is 0 Å². The topological polar surface area (TPSA) is 31.4 Å². The summed E-state index contributed by atoms with van der Waals surface area (Å²) in [5.41, 5.74) is -2.54. The van der Waals surface area contributed by atoms with Crippen molar-refractivity contribution in [1.82, 2.24) is 4.98 Å². The van der Waals surface area contributed by atoms with Gasteiger partial charge in [0.2, 0.25) is 0 Å². The summed E-state index contributed by atoms with van der Waals surface area (Å²) in [4.78, 5) is 3.49. The molecule has 0 amide bonds. The molecule has 0 atom stereocenters. The molecule has 1 saturated heterocycles. The minimum Gasteiger partial charge on any atom is -0.399 e. The fourth-order valence-corrected chi connectivity index (χ4v) is 1.44. The molecule has 2 rings (SSSR count). The van der Waals surface area contributed by atoms with Gasteiger partial charge in [0.15, 0.2) is 0 Å². The third-order valence-corrected chi connectivity index (χ3v) is 3.23. The smallest absolute Gasteiger partial charge is 0.399 e. The normalized spacial score (nSPS) is 26.9. The number of aromatic nitrogens is 1. The Kier molecular flexibility index (Phi) is 1.67. The molecule has 1 aliphatic heterocycles. The zero-order chi connectivity index (χ0) is 17.1. The Morgan fingerprint density at radius 1 is 1.35 bits per heavy atom. The van der Waals surface area contributed by atoms with Crippen molar-refractivity contribution >= 4 is 12.6 Å². The Labute approximate surface area is 109 Å². The Bertz CT molecular complexity index is 605. The second kappa shape index (κ2) is 3.78. The summed E-state index contributed by atoms with van der Waals surface area (Å²) in [5.74, 6) is -1.28. The van der Waals surface area contributed by atoms with E-state index in [0.717, 1.165) is 0 Å². The molecule has 17 heavy (non-hydrogen) atoms. The second-order valence-electron chi connectivity index (χ2n) is 5.01. The summed E-state index contributed by atoms with van der Waals surface area (Å²) in [6.07, 6.45) is -0.531. The first kappa shape index (κ1) is 7.49. The van der Waals surface area contributed by atoms with Crippen molar-refractivity contribution in [3.05, 3.63) is 23.7 Å². The van der Waals surface area contributed by atoms with E-state index in [1.165, 1.54) is 0 Å². The predicted molar refractivity (Wildman–Crippen MR) is 64.6 cm³/mol. The average Bonchev–Trinajstić information content (AvgIpc) is 2.51. The van der Waals surface area contributed by atoms with E-state index in [1.54, 1.807) is 27.7 Å². The van der Waals surface area contributed by atoms with Gasteiger partial charge in [0, 0.05) is 15.7 Å². The lowest BCUT2D eigenvalue weighted by molar-refractivity contribution is 0.00578. The molecule has 0 saturated carbocycles. The SMILES string of the molecule is [2H]c1nc(C([2H])([2H])[2H])c(F)c([2H])c1B1OC(C)(C)C(C)(C)O1. The maximum absolute atomic E-state index is 14.2. The van der Waals surface area contributed by atoms with E-state index >= 15 is 0 Å². The van der Waals surface area contributed by atoms with Crippen molar-refractivity contribution in [3.8, 4) is 0 Å². The van der Waals surface area contributed by atoms with E-state index in [4.69, 9.17) is 16.2 Å². The fraction of sp³-hybridized carbons (Fsp3) is 0.583. The summed E-state index contributed by atoms with van der Waals surface area (Å²) in [6.45, 7) is 4.29. The van der Waals surface area contributed by atoms with Gasteiger partial charge in [0.1, 0.15) is 5.82 Å². The van der Waals surface area contributed by atoms with E-state index in [2.05, 4.69) is 4.98 Å². The second-order valence-corrected chi connectivity index (χ2v) is 5.01. The van der Waals surface area contributed by atoms with Crippen LogP contribution in [-0.4, -0.2) is 23.3 Å². The summed E-state index contributed by atoms with van der Waals surface area (Å²) < 4.78 is 62.9. The minimum atomic E-state index is -2.83. The summed E-state index contributed by atoms with van der Waals surface area (Å²) in [5, 5.41) is 0. The summed E-state index contributed by atoms with van der Waals surface area (Å²) >= 11 is 0. The highest BCUT2D eigenvalue weighted by Gasteiger charge is 2.51. The van der Waals surface area contributed by atoms with E-state index < -0.39 is 48.9 Å². The number of pyridine rings is 1. The van der Waals surface area contributed by atoms with Crippen LogP contribution in [0.2, 0.25) is 0 Å². The lowest BCUT2D eigenvalue weighted by Crippen LogP contribution is -2.41. The number of hydrogen-bond acceptors (Lipinski definition) is 3. The van der Waals surface area contributed by atoms with Crippen molar-refractivity contribution in [1.29, 1.82) is 0 Å². The van der Waals surface area contributed by atoms with Crippen LogP contribution in [0.4, 0.5) is 4.39 Å². The monoisotopic (exact) mass is 242 g/mol. The van der Waals surface area contributed by atoms with Gasteiger partial charge >= 0.3 is 7.12 Å². The van der Waals surface area contributed by atoms with Crippen molar-refractivity contribution in [2.75, 3.05) is 0 Å². The van der Waals surface area contributed by atoms with E-state index in [-0.39, 0.29) is 5.46 Å². The third-order valence-electron chi connectivity index (χ3n) is 3.23. The van der Waals surface area contributed by atoms with Crippen LogP contribution >= 0.6 is 0 Å². The summed E-state index contributed by atoms with van der Waals surface area (Å²) in [6, 6.07) is -0.732. The first-order valence-electron chi connectivity index (χ1n) is 7.80. The van der Waals surface area contributed by atoms with Gasteiger partial charge in [-0.1, -0.05) is 0 Å². The molecule has 0 spiro atoms. The van der Waals surface area contributed by atoms with Crippen LogP contribution in [0.15, 0.2) is 12.2 Å². The van der Waals surface area contributed by atoms with Crippen molar-refractivity contribution < 1.29 is 20.6 Å². The van der Waals surface area contributed by atoms with Gasteiger partial charge in [-0.05, 0) is 40.6 Å². The Hall–Kier alpha value is -0.935. The quantitative estimate of drug-likeness (QED) is 0.704. The molecule has 0 aromatic carbocycles. The highest BCUT2D eigenvalue weighted by molar-refractivity contribution is 6.62. The molecule has 92 valence electrons. The average molecular weight is 242 g/mol. The molecule has 0 radical (unpaired) electrons. The maximum Gasteiger partial charge on any atom is 0.496 e. The number of hydrogen-bond donors (Lipinski definition) is 0. The first-order chi connectivity index (χ1) is 9.78. The molecule has 1 aromatic rings. The lowest BCUT2D eigenvalue weighted by atomic mass is 9.80. The molecule has 0 N–H and O–H groups in total. The van der Waals surface area contributed by atoms with Crippen LogP contribution in [0.25, 0.3) is 0 Å². The standard InChI is InChI=1S/C12H17BFNO2/c1-8-10(14)6-9(7-15-8)13-16-11(2,3)12(4,5)17-13/h6-7H,1-5H3/i1D3,6D,7D. The van der Waals surface area contributed by atoms with E-state index in [1.807, 2.05) is 0 Å². The van der Waals surface area contributed by atoms with Crippen molar-refractivity contribution in [2.24, 2.45) is 0 Å². The molecule has 1 aliphatic rings. The van der Waals surface area contributed by atoms with Gasteiger partial charge in [0.25, 0.3) is 0 Å². The predicted octanol–water partition coefficient (Wildman–Crippen LogP) is 1.83. The van der Waals surface area contributed by atoms with E-state index in [9.17, 15) is 4.39 Å². The number of nitrogens with zero attached hydrogens (tertiary/aromatic N) is 1. The van der Waals surface area contributed by atoms with Crippen LogP contribution in [-0.2, 0) is 9.31 Å². The fourth-order valence-electron chi connectivity index (χ4n) is 1.44. The van der Waals surface area contributed by atoms with Crippen molar-refractivity contribution in [2.45, 2.75) is 45.7 Å². The molecular formula is C12H17BFNO2. The molecular weight excluding hydrogens is 220 g/mol. The number of aryl methyl sites for hydroxylation is 1. The highest BCUT2D eigenvalue weighted by atomic mass is 19.1. The zero-order valence-electron chi connectivity index (χ0n) is 15.2. The molecule has 0 unspecified atom stereocenters. The number of halogens is 1. The Morgan fingerprint density at radius 3 is 2.47 bits per heavy atom. The number of rotatable bonds is 1. The molecule has 5 heteroatoms. The van der Waals surface area contributed by atoms with Crippen LogP contribution < -0.4 is 5.46 Å². The largest absolute Gasteiger partial charge is 0.496 e. The molecule has 2 heterocycles. The minimum absolute atomic E-state index is 0.204. The Morgan fingerprint density at radius 2 is 1.94 bits per heavy atom. The lowest BCUT2D eigenvalue weighted by Gasteiger charge is -2.32. The van der Waals surface area contributed by atoms with E-state index in [0.29, 0.717) is 0 Å². The summed E-state index contributed by atoms with van der Waals surface area (Å²) in [7, 11) is -1.14. The van der Waals surface area contributed by atoms with Crippen molar-refractivity contribution in [3.63, 3.8) is 0 Å². The maximum atomic E-state index is 14.2. The van der Waals surface area contributed by atoms with Gasteiger partial charge < -0.3 is 9.31 Å². The molecule has 0 bridgehead atoms. The van der Waals surface area contributed by atoms with Gasteiger partial charge in [-0.25, -0.2) is 4.39 Å². The Balaban J connectivity index is 2.54. The highest BCUT2D eigenvalue weighted by Crippen LogP contribution is 2.36. The van der Waals surface area contributed by atoms with Gasteiger partial charge in [0.05, 0.1) is 19.6 Å². The van der Waals surface area contributed by atoms with Gasteiger partial charge in [-0.3, -0.25) is 4.98 Å². The zero-order valence-corrected chi connectivity index (χ0v) is 10.2. The van der Waals surface area contributed by atoms with Crippen LogP contribution in [0.3, 0.4) is 0 Å². The van der Waals surface area contributed by atoms with Crippen LogP contribution in [0, 0.1) is 12.7 Å². The van der Waals surface area contributed by atoms with Crippen LogP contribution in [0.1, 0.15) is 40.2 Å². The molecule has 0 aliphatic carbocycles. The molecule has 3 nitrogen and oxygen atoms in total.